The molecular weight excluding hydrogens is 410 g/mol. The molecule has 8 nitrogen and oxygen atoms in total. The number of esters is 1. The first-order chi connectivity index (χ1) is 15.3. The normalized spacial score (nSPS) is 16.5. The number of aryl methyl sites for hydroxylation is 1. The van der Waals surface area contributed by atoms with Crippen molar-refractivity contribution < 1.29 is 23.9 Å². The number of amides is 3. The van der Waals surface area contributed by atoms with Gasteiger partial charge in [-0.1, -0.05) is 30.3 Å². The summed E-state index contributed by atoms with van der Waals surface area (Å²) < 4.78 is 10.6. The Labute approximate surface area is 187 Å². The average Bonchev–Trinajstić information content (AvgIpc) is 2.75. The van der Waals surface area contributed by atoms with Crippen LogP contribution in [0.5, 0.6) is 5.75 Å². The van der Waals surface area contributed by atoms with Crippen molar-refractivity contribution in [2.45, 2.75) is 39.8 Å². The van der Waals surface area contributed by atoms with E-state index < -0.39 is 24.1 Å². The molecule has 1 heterocycles. The summed E-state index contributed by atoms with van der Waals surface area (Å²) >= 11 is 0. The van der Waals surface area contributed by atoms with Gasteiger partial charge in [-0.25, -0.2) is 9.59 Å². The molecular formula is C24H27N3O5. The lowest BCUT2D eigenvalue weighted by atomic mass is 9.94. The number of para-hydroxylation sites is 1. The van der Waals surface area contributed by atoms with Crippen LogP contribution in [0.1, 0.15) is 37.9 Å². The van der Waals surface area contributed by atoms with Gasteiger partial charge in [-0.3, -0.25) is 4.79 Å². The van der Waals surface area contributed by atoms with E-state index in [9.17, 15) is 14.4 Å². The van der Waals surface area contributed by atoms with Gasteiger partial charge in [0.15, 0.2) is 6.10 Å². The average molecular weight is 437 g/mol. The van der Waals surface area contributed by atoms with Crippen LogP contribution in [0, 0.1) is 6.92 Å². The van der Waals surface area contributed by atoms with Crippen molar-refractivity contribution in [1.82, 2.24) is 10.6 Å². The zero-order chi connectivity index (χ0) is 23.3. The monoisotopic (exact) mass is 437 g/mol. The molecule has 0 aliphatic carbocycles. The summed E-state index contributed by atoms with van der Waals surface area (Å²) in [6.45, 7) is 7.22. The molecule has 3 amide bonds. The third kappa shape index (κ3) is 5.26. The van der Waals surface area contributed by atoms with Gasteiger partial charge in [-0.2, -0.15) is 0 Å². The molecule has 8 heteroatoms. The number of carbonyl (C=O) groups is 3. The van der Waals surface area contributed by atoms with E-state index in [1.807, 2.05) is 31.2 Å². The molecule has 0 saturated carbocycles. The van der Waals surface area contributed by atoms with E-state index in [-0.39, 0.29) is 12.5 Å². The van der Waals surface area contributed by atoms with Crippen LogP contribution in [0.3, 0.4) is 0 Å². The number of nitrogens with one attached hydrogen (secondary N) is 3. The molecule has 0 unspecified atom stereocenters. The Morgan fingerprint density at radius 1 is 1.09 bits per heavy atom. The van der Waals surface area contributed by atoms with Gasteiger partial charge in [0, 0.05) is 11.4 Å². The van der Waals surface area contributed by atoms with E-state index >= 15 is 0 Å². The number of urea groups is 1. The van der Waals surface area contributed by atoms with Gasteiger partial charge in [0.2, 0.25) is 0 Å². The van der Waals surface area contributed by atoms with E-state index in [0.29, 0.717) is 28.3 Å². The van der Waals surface area contributed by atoms with Gasteiger partial charge >= 0.3 is 12.0 Å². The maximum Gasteiger partial charge on any atom is 0.347 e. The summed E-state index contributed by atoms with van der Waals surface area (Å²) in [5.74, 6) is -0.289. The highest BCUT2D eigenvalue weighted by atomic mass is 16.6. The molecule has 0 fully saturated rings. The van der Waals surface area contributed by atoms with Crippen LogP contribution in [-0.2, 0) is 14.3 Å². The summed E-state index contributed by atoms with van der Waals surface area (Å²) in [5, 5.41) is 8.39. The molecule has 1 aliphatic heterocycles. The van der Waals surface area contributed by atoms with Gasteiger partial charge < -0.3 is 25.4 Å². The third-order valence-electron chi connectivity index (χ3n) is 5.05. The van der Waals surface area contributed by atoms with E-state index in [2.05, 4.69) is 16.0 Å². The van der Waals surface area contributed by atoms with Gasteiger partial charge in [-0.15, -0.1) is 0 Å². The van der Waals surface area contributed by atoms with Crippen molar-refractivity contribution in [1.29, 1.82) is 0 Å². The van der Waals surface area contributed by atoms with E-state index in [1.165, 1.54) is 0 Å². The number of ether oxygens (including phenoxy) is 2. The Kier molecular flexibility index (Phi) is 7.14. The Balaban J connectivity index is 1.82. The highest BCUT2D eigenvalue weighted by molar-refractivity contribution is 6.07. The molecule has 0 saturated heterocycles. The van der Waals surface area contributed by atoms with Crippen LogP contribution in [0.2, 0.25) is 0 Å². The Hall–Kier alpha value is -3.81. The standard InChI is InChI=1S/C24H27N3O5/c1-5-31-23(29)16(4)32-18-12-10-17(11-13-18)21-20(15(3)25-24(30)27-21)22(28)26-19-9-7-6-8-14(19)2/h6-13,16,21H,5H2,1-4H3,(H,26,28)(H2,25,27,30)/t16-,21-/m1/s1. The Bertz CT molecular complexity index is 1050. The molecule has 0 spiro atoms. The fourth-order valence-corrected chi connectivity index (χ4v) is 3.40. The lowest BCUT2D eigenvalue weighted by Crippen LogP contribution is -2.46. The number of anilines is 1. The predicted molar refractivity (Wildman–Crippen MR) is 120 cm³/mol. The zero-order valence-electron chi connectivity index (χ0n) is 18.5. The third-order valence-corrected chi connectivity index (χ3v) is 5.05. The first kappa shape index (κ1) is 22.9. The largest absolute Gasteiger partial charge is 0.479 e. The number of rotatable bonds is 7. The van der Waals surface area contributed by atoms with Crippen LogP contribution in [0.15, 0.2) is 59.8 Å². The fraction of sp³-hybridized carbons (Fsp3) is 0.292. The van der Waals surface area contributed by atoms with Crippen LogP contribution in [0.25, 0.3) is 0 Å². The second-order valence-corrected chi connectivity index (χ2v) is 7.42. The summed E-state index contributed by atoms with van der Waals surface area (Å²) in [4.78, 5) is 37.0. The van der Waals surface area contributed by atoms with Crippen molar-refractivity contribution in [3.8, 4) is 5.75 Å². The second kappa shape index (κ2) is 10.00. The first-order valence-electron chi connectivity index (χ1n) is 10.4. The molecule has 3 rings (SSSR count). The summed E-state index contributed by atoms with van der Waals surface area (Å²) in [7, 11) is 0. The molecule has 0 aromatic heterocycles. The maximum atomic E-state index is 13.1. The zero-order valence-corrected chi connectivity index (χ0v) is 18.5. The predicted octanol–water partition coefficient (Wildman–Crippen LogP) is 3.59. The van der Waals surface area contributed by atoms with E-state index in [4.69, 9.17) is 9.47 Å². The second-order valence-electron chi connectivity index (χ2n) is 7.42. The molecule has 2 atom stereocenters. The quantitative estimate of drug-likeness (QED) is 0.574. The number of benzene rings is 2. The van der Waals surface area contributed by atoms with Crippen molar-refractivity contribution in [2.24, 2.45) is 0 Å². The minimum Gasteiger partial charge on any atom is -0.479 e. The number of allylic oxidation sites excluding steroid dienone is 1. The van der Waals surface area contributed by atoms with Crippen LogP contribution < -0.4 is 20.7 Å². The molecule has 0 bridgehead atoms. The minimum atomic E-state index is -0.753. The molecule has 1 aliphatic rings. The Morgan fingerprint density at radius 2 is 1.78 bits per heavy atom. The van der Waals surface area contributed by atoms with Gasteiger partial charge in [-0.05, 0) is 57.0 Å². The van der Waals surface area contributed by atoms with Gasteiger partial charge in [0.05, 0.1) is 18.2 Å². The topological polar surface area (TPSA) is 106 Å². The summed E-state index contributed by atoms with van der Waals surface area (Å²) in [5.41, 5.74) is 3.21. The Morgan fingerprint density at radius 3 is 2.44 bits per heavy atom. The summed E-state index contributed by atoms with van der Waals surface area (Å²) in [6.07, 6.45) is -0.753. The van der Waals surface area contributed by atoms with E-state index in [0.717, 1.165) is 5.56 Å². The van der Waals surface area contributed by atoms with Crippen molar-refractivity contribution in [3.63, 3.8) is 0 Å². The van der Waals surface area contributed by atoms with E-state index in [1.54, 1.807) is 45.0 Å². The first-order valence-corrected chi connectivity index (χ1v) is 10.4. The van der Waals surface area contributed by atoms with Crippen LogP contribution in [-0.4, -0.2) is 30.6 Å². The van der Waals surface area contributed by atoms with Gasteiger partial charge in [0.25, 0.3) is 5.91 Å². The minimum absolute atomic E-state index is 0.278. The molecule has 168 valence electrons. The van der Waals surface area contributed by atoms with Crippen molar-refractivity contribution >= 4 is 23.6 Å². The fourth-order valence-electron chi connectivity index (χ4n) is 3.40. The number of carbonyl (C=O) groups excluding carboxylic acids is 3. The molecule has 3 N–H and O–H groups in total. The lowest BCUT2D eigenvalue weighted by molar-refractivity contribution is -0.150. The SMILES string of the molecule is CCOC(=O)[C@@H](C)Oc1ccc([C@H]2NC(=O)NC(C)=C2C(=O)Nc2ccccc2C)cc1. The smallest absolute Gasteiger partial charge is 0.347 e. The maximum absolute atomic E-state index is 13.1. The van der Waals surface area contributed by atoms with Crippen LogP contribution >= 0.6 is 0 Å². The van der Waals surface area contributed by atoms with Crippen molar-refractivity contribution in [3.05, 3.63) is 70.9 Å². The highest BCUT2D eigenvalue weighted by Gasteiger charge is 2.31. The molecule has 0 radical (unpaired) electrons. The van der Waals surface area contributed by atoms with Gasteiger partial charge in [0.1, 0.15) is 5.75 Å². The molecule has 2 aromatic rings. The lowest BCUT2D eigenvalue weighted by Gasteiger charge is -2.29. The number of hydrogen-bond acceptors (Lipinski definition) is 5. The highest BCUT2D eigenvalue weighted by Crippen LogP contribution is 2.29. The van der Waals surface area contributed by atoms with Crippen molar-refractivity contribution in [2.75, 3.05) is 11.9 Å². The molecule has 32 heavy (non-hydrogen) atoms. The molecule has 2 aromatic carbocycles. The summed E-state index contributed by atoms with van der Waals surface area (Å²) in [6, 6.07) is 13.3. The number of hydrogen-bond donors (Lipinski definition) is 3. The van der Waals surface area contributed by atoms with Crippen LogP contribution in [0.4, 0.5) is 10.5 Å².